The minimum absolute atomic E-state index is 0.0375. The fourth-order valence-corrected chi connectivity index (χ4v) is 1.77. The van der Waals surface area contributed by atoms with E-state index in [1.807, 2.05) is 42.5 Å². The molecule has 0 bridgehead atoms. The maximum Gasteiger partial charge on any atom is 0.411 e. The van der Waals surface area contributed by atoms with E-state index in [0.29, 0.717) is 5.69 Å². The second kappa shape index (κ2) is 7.65. The van der Waals surface area contributed by atoms with Gasteiger partial charge in [0.25, 0.3) is 0 Å². The Bertz CT molecular complexity index is 608. The van der Waals surface area contributed by atoms with Crippen molar-refractivity contribution in [3.63, 3.8) is 0 Å². The van der Waals surface area contributed by atoms with E-state index in [4.69, 9.17) is 10.00 Å². The largest absolute Gasteiger partial charge is 0.445 e. The molecule has 0 N–H and O–H groups in total. The maximum absolute atomic E-state index is 12.0. The van der Waals surface area contributed by atoms with Crippen LogP contribution in [0.5, 0.6) is 0 Å². The van der Waals surface area contributed by atoms with Gasteiger partial charge in [-0.15, -0.1) is 0 Å². The van der Waals surface area contributed by atoms with Gasteiger partial charge >= 0.3 is 6.09 Å². The standard InChI is InChI=1S/C16H15N3O2/c17-9-11-19(12-15-8-4-5-10-18-15)16(20)21-13-14-6-2-1-3-7-14/h1-8,10H,11-13H2. The quantitative estimate of drug-likeness (QED) is 0.790. The molecule has 0 aliphatic carbocycles. The third kappa shape index (κ3) is 4.62. The Balaban J connectivity index is 1.94. The molecule has 0 saturated heterocycles. The molecular weight excluding hydrogens is 266 g/mol. The fraction of sp³-hybridized carbons (Fsp3) is 0.188. The highest BCUT2D eigenvalue weighted by molar-refractivity contribution is 5.67. The van der Waals surface area contributed by atoms with Crippen molar-refractivity contribution >= 4 is 6.09 Å². The topological polar surface area (TPSA) is 66.2 Å². The van der Waals surface area contributed by atoms with Crippen molar-refractivity contribution in [2.45, 2.75) is 13.2 Å². The third-order valence-corrected chi connectivity index (χ3v) is 2.80. The molecule has 0 atom stereocenters. The van der Waals surface area contributed by atoms with Crippen LogP contribution >= 0.6 is 0 Å². The number of hydrogen-bond donors (Lipinski definition) is 0. The first-order chi connectivity index (χ1) is 10.3. The molecule has 0 unspecified atom stereocenters. The predicted octanol–water partition coefficient (Wildman–Crippen LogP) is 2.74. The highest BCUT2D eigenvalue weighted by atomic mass is 16.6. The SMILES string of the molecule is N#CCN(Cc1ccccn1)C(=O)OCc1ccccc1. The number of ether oxygens (including phenoxy) is 1. The molecule has 106 valence electrons. The van der Waals surface area contributed by atoms with Crippen LogP contribution in [0.3, 0.4) is 0 Å². The van der Waals surface area contributed by atoms with Crippen molar-refractivity contribution in [1.82, 2.24) is 9.88 Å². The predicted molar refractivity (Wildman–Crippen MR) is 76.9 cm³/mol. The molecule has 21 heavy (non-hydrogen) atoms. The number of rotatable bonds is 5. The number of pyridine rings is 1. The zero-order chi connectivity index (χ0) is 14.9. The van der Waals surface area contributed by atoms with Gasteiger partial charge in [0, 0.05) is 6.20 Å². The van der Waals surface area contributed by atoms with Crippen molar-refractivity contribution in [2.75, 3.05) is 6.54 Å². The van der Waals surface area contributed by atoms with Gasteiger partial charge in [-0.3, -0.25) is 9.88 Å². The smallest absolute Gasteiger partial charge is 0.411 e. The van der Waals surface area contributed by atoms with Crippen LogP contribution in [0, 0.1) is 11.3 Å². The monoisotopic (exact) mass is 281 g/mol. The summed E-state index contributed by atoms with van der Waals surface area (Å²) in [5.41, 5.74) is 1.62. The van der Waals surface area contributed by atoms with Gasteiger partial charge in [-0.25, -0.2) is 4.79 Å². The van der Waals surface area contributed by atoms with Gasteiger partial charge in [0.05, 0.1) is 18.3 Å². The number of carbonyl (C=O) groups is 1. The first-order valence-corrected chi connectivity index (χ1v) is 6.52. The van der Waals surface area contributed by atoms with Crippen LogP contribution in [0.15, 0.2) is 54.7 Å². The summed E-state index contributed by atoms with van der Waals surface area (Å²) < 4.78 is 5.22. The molecule has 1 aromatic heterocycles. The van der Waals surface area contributed by atoms with Crippen LogP contribution in [0.2, 0.25) is 0 Å². The summed E-state index contributed by atoms with van der Waals surface area (Å²) in [4.78, 5) is 17.5. The summed E-state index contributed by atoms with van der Waals surface area (Å²) >= 11 is 0. The molecule has 0 fully saturated rings. The van der Waals surface area contributed by atoms with E-state index >= 15 is 0 Å². The Morgan fingerprint density at radius 2 is 1.95 bits per heavy atom. The zero-order valence-electron chi connectivity index (χ0n) is 11.5. The van der Waals surface area contributed by atoms with Gasteiger partial charge in [-0.05, 0) is 17.7 Å². The maximum atomic E-state index is 12.0. The molecule has 0 aliphatic heterocycles. The summed E-state index contributed by atoms with van der Waals surface area (Å²) in [5, 5.41) is 8.83. The Morgan fingerprint density at radius 1 is 1.19 bits per heavy atom. The summed E-state index contributed by atoms with van der Waals surface area (Å²) in [5.74, 6) is 0. The number of nitrogens with zero attached hydrogens (tertiary/aromatic N) is 3. The lowest BCUT2D eigenvalue weighted by atomic mass is 10.2. The molecular formula is C16H15N3O2. The number of carbonyl (C=O) groups excluding carboxylic acids is 1. The lowest BCUT2D eigenvalue weighted by molar-refractivity contribution is 0.0979. The number of benzene rings is 1. The van der Waals surface area contributed by atoms with Crippen molar-refractivity contribution in [2.24, 2.45) is 0 Å². The first-order valence-electron chi connectivity index (χ1n) is 6.52. The van der Waals surface area contributed by atoms with E-state index in [9.17, 15) is 4.79 Å². The average molecular weight is 281 g/mol. The number of aromatic nitrogens is 1. The van der Waals surface area contributed by atoms with E-state index in [1.165, 1.54) is 4.90 Å². The van der Waals surface area contributed by atoms with Crippen LogP contribution in [-0.4, -0.2) is 22.5 Å². The average Bonchev–Trinajstić information content (AvgIpc) is 2.54. The second-order valence-electron chi connectivity index (χ2n) is 4.38. The molecule has 5 nitrogen and oxygen atoms in total. The molecule has 5 heteroatoms. The van der Waals surface area contributed by atoms with Gasteiger partial charge in [0.1, 0.15) is 13.2 Å². The van der Waals surface area contributed by atoms with E-state index in [1.54, 1.807) is 18.3 Å². The highest BCUT2D eigenvalue weighted by Gasteiger charge is 2.15. The molecule has 2 aromatic rings. The van der Waals surface area contributed by atoms with E-state index < -0.39 is 6.09 Å². The summed E-state index contributed by atoms with van der Waals surface area (Å²) in [6.07, 6.45) is 1.13. The Kier molecular flexibility index (Phi) is 5.30. The molecule has 0 spiro atoms. The Labute approximate surface area is 123 Å². The van der Waals surface area contributed by atoms with E-state index in [-0.39, 0.29) is 19.7 Å². The molecule has 1 amide bonds. The van der Waals surface area contributed by atoms with Crippen LogP contribution in [0.4, 0.5) is 4.79 Å². The van der Waals surface area contributed by atoms with Gasteiger partial charge in [-0.1, -0.05) is 36.4 Å². The Hall–Kier alpha value is -2.87. The lowest BCUT2D eigenvalue weighted by Gasteiger charge is -2.18. The van der Waals surface area contributed by atoms with E-state index in [2.05, 4.69) is 4.98 Å². The van der Waals surface area contributed by atoms with Crippen molar-refractivity contribution in [1.29, 1.82) is 5.26 Å². The molecule has 2 rings (SSSR count). The van der Waals surface area contributed by atoms with Gasteiger partial charge < -0.3 is 4.74 Å². The highest BCUT2D eigenvalue weighted by Crippen LogP contribution is 2.06. The minimum atomic E-state index is -0.522. The third-order valence-electron chi connectivity index (χ3n) is 2.80. The summed E-state index contributed by atoms with van der Waals surface area (Å²) in [6, 6.07) is 16.8. The van der Waals surface area contributed by atoms with Crippen molar-refractivity contribution in [3.8, 4) is 6.07 Å². The fourth-order valence-electron chi connectivity index (χ4n) is 1.77. The van der Waals surface area contributed by atoms with Crippen molar-refractivity contribution in [3.05, 3.63) is 66.0 Å². The van der Waals surface area contributed by atoms with Gasteiger partial charge in [0.2, 0.25) is 0 Å². The molecule has 0 radical (unpaired) electrons. The van der Waals surface area contributed by atoms with Crippen LogP contribution in [0.25, 0.3) is 0 Å². The minimum Gasteiger partial charge on any atom is -0.445 e. The van der Waals surface area contributed by atoms with Crippen LogP contribution < -0.4 is 0 Å². The van der Waals surface area contributed by atoms with Crippen molar-refractivity contribution < 1.29 is 9.53 Å². The lowest BCUT2D eigenvalue weighted by Crippen LogP contribution is -2.31. The molecule has 0 saturated carbocycles. The van der Waals surface area contributed by atoms with E-state index in [0.717, 1.165) is 5.56 Å². The van der Waals surface area contributed by atoms with Crippen LogP contribution in [-0.2, 0) is 17.9 Å². The number of nitriles is 1. The number of amides is 1. The molecule has 1 heterocycles. The summed E-state index contributed by atoms with van der Waals surface area (Å²) in [6.45, 7) is 0.399. The van der Waals surface area contributed by atoms with Gasteiger partial charge in [0.15, 0.2) is 0 Å². The zero-order valence-corrected chi connectivity index (χ0v) is 11.5. The second-order valence-corrected chi connectivity index (χ2v) is 4.38. The molecule has 0 aliphatic rings. The number of hydrogen-bond acceptors (Lipinski definition) is 4. The van der Waals surface area contributed by atoms with Gasteiger partial charge in [-0.2, -0.15) is 5.26 Å². The van der Waals surface area contributed by atoms with Crippen LogP contribution in [0.1, 0.15) is 11.3 Å². The summed E-state index contributed by atoms with van der Waals surface area (Å²) in [7, 11) is 0. The Morgan fingerprint density at radius 3 is 2.62 bits per heavy atom. The molecule has 1 aromatic carbocycles. The first kappa shape index (κ1) is 14.5. The normalized spacial score (nSPS) is 9.67.